The third-order valence-corrected chi connectivity index (χ3v) is 6.11. The Morgan fingerprint density at radius 3 is 2.25 bits per heavy atom. The number of benzene rings is 3. The maximum absolute atomic E-state index is 12.6. The molecule has 4 rings (SSSR count). The van der Waals surface area contributed by atoms with Crippen LogP contribution >= 0.6 is 0 Å². The molecule has 3 aromatic rings. The number of carbonyl (C=O) groups is 3. The molecule has 0 saturated carbocycles. The van der Waals surface area contributed by atoms with Gasteiger partial charge in [0, 0.05) is 30.9 Å². The van der Waals surface area contributed by atoms with Gasteiger partial charge in [-0.15, -0.1) is 0 Å². The van der Waals surface area contributed by atoms with Gasteiger partial charge in [-0.3, -0.25) is 14.4 Å². The first-order valence-electron chi connectivity index (χ1n) is 12.0. The Morgan fingerprint density at radius 2 is 1.58 bits per heavy atom. The lowest BCUT2D eigenvalue weighted by atomic mass is 10.1. The van der Waals surface area contributed by atoms with Gasteiger partial charge in [-0.25, -0.2) is 0 Å². The summed E-state index contributed by atoms with van der Waals surface area (Å²) in [4.78, 5) is 39.1. The summed E-state index contributed by atoms with van der Waals surface area (Å²) in [6, 6.07) is 20.8. The molecule has 7 heteroatoms. The van der Waals surface area contributed by atoms with Gasteiger partial charge in [-0.05, 0) is 73.9 Å². The molecule has 2 N–H and O–H groups in total. The van der Waals surface area contributed by atoms with Crippen LogP contribution in [0.4, 0.5) is 11.4 Å². The molecule has 1 saturated heterocycles. The van der Waals surface area contributed by atoms with Crippen molar-refractivity contribution in [1.82, 2.24) is 5.32 Å². The molecule has 0 radical (unpaired) electrons. The summed E-state index contributed by atoms with van der Waals surface area (Å²) >= 11 is 0. The van der Waals surface area contributed by atoms with Gasteiger partial charge in [0.25, 0.3) is 5.91 Å². The Bertz CT molecular complexity index is 1230. The zero-order chi connectivity index (χ0) is 25.7. The Hall–Kier alpha value is -4.13. The van der Waals surface area contributed by atoms with Crippen molar-refractivity contribution in [3.8, 4) is 5.75 Å². The monoisotopic (exact) mass is 485 g/mol. The second kappa shape index (κ2) is 11.1. The van der Waals surface area contributed by atoms with Gasteiger partial charge in [-0.1, -0.05) is 35.9 Å². The van der Waals surface area contributed by atoms with E-state index < -0.39 is 5.92 Å². The first-order chi connectivity index (χ1) is 17.3. The van der Waals surface area contributed by atoms with E-state index in [0.29, 0.717) is 24.5 Å². The largest absolute Gasteiger partial charge is 0.484 e. The van der Waals surface area contributed by atoms with E-state index in [1.807, 2.05) is 63.2 Å². The predicted octanol–water partition coefficient (Wildman–Crippen LogP) is 4.30. The van der Waals surface area contributed by atoms with Crippen LogP contribution in [0, 0.1) is 26.7 Å². The number of aryl methyl sites for hydroxylation is 3. The van der Waals surface area contributed by atoms with Gasteiger partial charge in [0.1, 0.15) is 5.75 Å². The highest BCUT2D eigenvalue weighted by molar-refractivity contribution is 6.00. The van der Waals surface area contributed by atoms with Crippen LogP contribution in [0.5, 0.6) is 5.75 Å². The molecule has 0 aromatic heterocycles. The normalized spacial score (nSPS) is 15.0. The molecule has 7 nitrogen and oxygen atoms in total. The number of rotatable bonds is 8. The third kappa shape index (κ3) is 6.50. The van der Waals surface area contributed by atoms with Gasteiger partial charge in [0.05, 0.1) is 5.92 Å². The van der Waals surface area contributed by atoms with Crippen LogP contribution in [0.15, 0.2) is 66.7 Å². The highest BCUT2D eigenvalue weighted by Gasteiger charge is 2.35. The lowest BCUT2D eigenvalue weighted by Gasteiger charge is -2.17. The molecule has 1 heterocycles. The van der Waals surface area contributed by atoms with Crippen LogP contribution in [0.3, 0.4) is 0 Å². The fourth-order valence-corrected chi connectivity index (χ4v) is 4.29. The highest BCUT2D eigenvalue weighted by Crippen LogP contribution is 2.27. The standard InChI is InChI=1S/C29H31N3O4/c1-19-4-6-22(7-5-19)16-30-29(35)23-15-28(34)32(17-23)25-8-10-26(11-9-25)36-18-27(33)31-24-13-20(2)12-21(3)14-24/h4-14,23H,15-18H2,1-3H3,(H,30,35)(H,31,33). The zero-order valence-corrected chi connectivity index (χ0v) is 20.8. The molecule has 3 aromatic carbocycles. The van der Waals surface area contributed by atoms with Gasteiger partial charge in [0.2, 0.25) is 11.8 Å². The van der Waals surface area contributed by atoms with Crippen LogP contribution in [0.25, 0.3) is 0 Å². The number of amides is 3. The molecule has 36 heavy (non-hydrogen) atoms. The molecule has 0 spiro atoms. The number of hydrogen-bond acceptors (Lipinski definition) is 4. The highest BCUT2D eigenvalue weighted by atomic mass is 16.5. The van der Waals surface area contributed by atoms with E-state index in [4.69, 9.17) is 4.74 Å². The van der Waals surface area contributed by atoms with Crippen molar-refractivity contribution in [3.63, 3.8) is 0 Å². The Balaban J connectivity index is 1.27. The van der Waals surface area contributed by atoms with Crippen molar-refractivity contribution >= 4 is 29.1 Å². The summed E-state index contributed by atoms with van der Waals surface area (Å²) in [6.07, 6.45) is 0.177. The van der Waals surface area contributed by atoms with Crippen LogP contribution in [-0.4, -0.2) is 30.9 Å². The van der Waals surface area contributed by atoms with Crippen LogP contribution in [0.2, 0.25) is 0 Å². The predicted molar refractivity (Wildman–Crippen MR) is 140 cm³/mol. The van der Waals surface area contributed by atoms with Gasteiger partial charge >= 0.3 is 0 Å². The van der Waals surface area contributed by atoms with Gasteiger partial charge < -0.3 is 20.3 Å². The summed E-state index contributed by atoms with van der Waals surface area (Å²) in [5.74, 6) is -0.340. The molecule has 1 fully saturated rings. The van der Waals surface area contributed by atoms with Gasteiger partial charge in [0.15, 0.2) is 6.61 Å². The first kappa shape index (κ1) is 25.0. The van der Waals surface area contributed by atoms with Crippen molar-refractivity contribution in [1.29, 1.82) is 0 Å². The number of anilines is 2. The third-order valence-electron chi connectivity index (χ3n) is 6.11. The van der Waals surface area contributed by atoms with E-state index >= 15 is 0 Å². The molecule has 1 aliphatic rings. The van der Waals surface area contributed by atoms with Crippen molar-refractivity contribution in [2.45, 2.75) is 33.7 Å². The molecule has 0 bridgehead atoms. The smallest absolute Gasteiger partial charge is 0.262 e. The number of ether oxygens (including phenoxy) is 1. The van der Waals surface area contributed by atoms with Crippen molar-refractivity contribution in [2.24, 2.45) is 5.92 Å². The minimum atomic E-state index is -0.396. The van der Waals surface area contributed by atoms with Crippen molar-refractivity contribution in [2.75, 3.05) is 23.4 Å². The van der Waals surface area contributed by atoms with E-state index in [0.717, 1.165) is 22.4 Å². The van der Waals surface area contributed by atoms with E-state index in [2.05, 4.69) is 10.6 Å². The fraction of sp³-hybridized carbons (Fsp3) is 0.276. The van der Waals surface area contributed by atoms with E-state index in [1.165, 1.54) is 5.56 Å². The van der Waals surface area contributed by atoms with E-state index in [-0.39, 0.29) is 30.7 Å². The first-order valence-corrected chi connectivity index (χ1v) is 12.0. The molecule has 1 aliphatic heterocycles. The summed E-state index contributed by atoms with van der Waals surface area (Å²) in [6.45, 7) is 6.61. The number of hydrogen-bond donors (Lipinski definition) is 2. The summed E-state index contributed by atoms with van der Waals surface area (Å²) in [5, 5.41) is 5.78. The molecular formula is C29H31N3O4. The number of nitrogens with one attached hydrogen (secondary N) is 2. The summed E-state index contributed by atoms with van der Waals surface area (Å²) in [7, 11) is 0. The average Bonchev–Trinajstić information content (AvgIpc) is 3.23. The van der Waals surface area contributed by atoms with E-state index in [1.54, 1.807) is 29.2 Å². The molecular weight excluding hydrogens is 454 g/mol. The fourth-order valence-electron chi connectivity index (χ4n) is 4.29. The molecule has 0 aliphatic carbocycles. The van der Waals surface area contributed by atoms with Gasteiger partial charge in [-0.2, -0.15) is 0 Å². The number of nitrogens with zero attached hydrogens (tertiary/aromatic N) is 1. The number of carbonyl (C=O) groups excluding carboxylic acids is 3. The van der Waals surface area contributed by atoms with Crippen LogP contribution < -0.4 is 20.3 Å². The van der Waals surface area contributed by atoms with E-state index in [9.17, 15) is 14.4 Å². The Morgan fingerprint density at radius 1 is 0.917 bits per heavy atom. The minimum absolute atomic E-state index is 0.0908. The second-order valence-corrected chi connectivity index (χ2v) is 9.32. The summed E-state index contributed by atoms with van der Waals surface area (Å²) in [5.41, 5.74) is 5.77. The zero-order valence-electron chi connectivity index (χ0n) is 20.8. The quantitative estimate of drug-likeness (QED) is 0.498. The lowest BCUT2D eigenvalue weighted by molar-refractivity contribution is -0.126. The molecule has 186 valence electrons. The molecule has 3 amide bonds. The SMILES string of the molecule is Cc1ccc(CNC(=O)C2CC(=O)N(c3ccc(OCC(=O)Nc4cc(C)cc(C)c4)cc3)C2)cc1. The van der Waals surface area contributed by atoms with Crippen molar-refractivity contribution in [3.05, 3.63) is 89.0 Å². The summed E-state index contributed by atoms with van der Waals surface area (Å²) < 4.78 is 5.61. The molecule has 1 unspecified atom stereocenters. The lowest BCUT2D eigenvalue weighted by Crippen LogP contribution is -2.32. The van der Waals surface area contributed by atoms with Crippen LogP contribution in [0.1, 0.15) is 28.7 Å². The topological polar surface area (TPSA) is 87.7 Å². The van der Waals surface area contributed by atoms with Crippen molar-refractivity contribution < 1.29 is 19.1 Å². The van der Waals surface area contributed by atoms with Crippen LogP contribution in [-0.2, 0) is 20.9 Å². The Labute approximate surface area is 211 Å². The second-order valence-electron chi connectivity index (χ2n) is 9.32. The Kier molecular flexibility index (Phi) is 7.68. The maximum atomic E-state index is 12.6. The minimum Gasteiger partial charge on any atom is -0.484 e. The maximum Gasteiger partial charge on any atom is 0.262 e. The average molecular weight is 486 g/mol. The molecule has 1 atom stereocenters.